The second-order valence-corrected chi connectivity index (χ2v) is 6.24. The standard InChI is InChI=1S/C13H25N3O3/c1-13(2,3)12(19)15-10-6-9(11(17)18)7-16(8-10)5-4-14/h9-10H,4-8,14H2,1-3H3,(H,15,19)(H,17,18). The van der Waals surface area contributed by atoms with E-state index in [4.69, 9.17) is 10.8 Å². The third-order valence-electron chi connectivity index (χ3n) is 3.34. The van der Waals surface area contributed by atoms with Gasteiger partial charge in [0.25, 0.3) is 0 Å². The van der Waals surface area contributed by atoms with Crippen molar-refractivity contribution in [1.82, 2.24) is 10.2 Å². The Bertz CT molecular complexity index is 339. The van der Waals surface area contributed by atoms with E-state index in [1.54, 1.807) is 0 Å². The summed E-state index contributed by atoms with van der Waals surface area (Å²) in [5, 5.41) is 12.1. The van der Waals surface area contributed by atoms with Gasteiger partial charge in [-0.1, -0.05) is 20.8 Å². The molecule has 6 heteroatoms. The Labute approximate surface area is 114 Å². The average molecular weight is 271 g/mol. The van der Waals surface area contributed by atoms with Gasteiger partial charge in [0.15, 0.2) is 0 Å². The average Bonchev–Trinajstić information content (AvgIpc) is 2.27. The number of carboxylic acid groups (broad SMARTS) is 1. The summed E-state index contributed by atoms with van der Waals surface area (Å²) in [6, 6.07) is -0.117. The summed E-state index contributed by atoms with van der Waals surface area (Å²) < 4.78 is 0. The summed E-state index contributed by atoms with van der Waals surface area (Å²) in [7, 11) is 0. The van der Waals surface area contributed by atoms with Crippen LogP contribution in [-0.2, 0) is 9.59 Å². The molecule has 0 aromatic carbocycles. The minimum Gasteiger partial charge on any atom is -0.481 e. The van der Waals surface area contributed by atoms with Gasteiger partial charge in [0.1, 0.15) is 0 Å². The molecule has 0 radical (unpaired) electrons. The molecule has 110 valence electrons. The molecule has 0 aliphatic carbocycles. The highest BCUT2D eigenvalue weighted by Gasteiger charge is 2.33. The van der Waals surface area contributed by atoms with E-state index < -0.39 is 17.3 Å². The van der Waals surface area contributed by atoms with Crippen LogP contribution in [0.1, 0.15) is 27.2 Å². The lowest BCUT2D eigenvalue weighted by Crippen LogP contribution is -2.54. The first-order valence-corrected chi connectivity index (χ1v) is 6.70. The number of nitrogens with zero attached hydrogens (tertiary/aromatic N) is 1. The number of hydrogen-bond donors (Lipinski definition) is 3. The van der Waals surface area contributed by atoms with Crippen molar-refractivity contribution >= 4 is 11.9 Å². The Kier molecular flexibility index (Phi) is 5.31. The van der Waals surface area contributed by atoms with Gasteiger partial charge in [0, 0.05) is 37.6 Å². The van der Waals surface area contributed by atoms with Crippen LogP contribution in [0.2, 0.25) is 0 Å². The molecule has 0 aromatic heterocycles. The fourth-order valence-electron chi connectivity index (χ4n) is 2.24. The van der Waals surface area contributed by atoms with Crippen molar-refractivity contribution in [2.75, 3.05) is 26.2 Å². The monoisotopic (exact) mass is 271 g/mol. The summed E-state index contributed by atoms with van der Waals surface area (Å²) >= 11 is 0. The third-order valence-corrected chi connectivity index (χ3v) is 3.34. The van der Waals surface area contributed by atoms with E-state index in [0.717, 1.165) is 0 Å². The molecular weight excluding hydrogens is 246 g/mol. The lowest BCUT2D eigenvalue weighted by Gasteiger charge is -2.37. The first-order valence-electron chi connectivity index (χ1n) is 6.70. The van der Waals surface area contributed by atoms with Gasteiger partial charge in [-0.2, -0.15) is 0 Å². The predicted molar refractivity (Wildman–Crippen MR) is 72.6 cm³/mol. The normalized spacial score (nSPS) is 25.1. The van der Waals surface area contributed by atoms with Crippen molar-refractivity contribution < 1.29 is 14.7 Å². The van der Waals surface area contributed by atoms with Gasteiger partial charge in [-0.05, 0) is 6.42 Å². The molecule has 1 amide bonds. The van der Waals surface area contributed by atoms with Gasteiger partial charge >= 0.3 is 5.97 Å². The smallest absolute Gasteiger partial charge is 0.307 e. The molecule has 0 aromatic rings. The van der Waals surface area contributed by atoms with Crippen LogP contribution in [0.5, 0.6) is 0 Å². The van der Waals surface area contributed by atoms with Crippen LogP contribution < -0.4 is 11.1 Å². The quantitative estimate of drug-likeness (QED) is 0.662. The van der Waals surface area contributed by atoms with Crippen molar-refractivity contribution in [3.63, 3.8) is 0 Å². The second-order valence-electron chi connectivity index (χ2n) is 6.24. The van der Waals surface area contributed by atoms with E-state index in [1.807, 2.05) is 25.7 Å². The highest BCUT2D eigenvalue weighted by Crippen LogP contribution is 2.19. The molecule has 1 saturated heterocycles. The fraction of sp³-hybridized carbons (Fsp3) is 0.846. The zero-order valence-corrected chi connectivity index (χ0v) is 12.0. The Morgan fingerprint density at radius 3 is 2.47 bits per heavy atom. The molecule has 19 heavy (non-hydrogen) atoms. The molecule has 4 N–H and O–H groups in total. The van der Waals surface area contributed by atoms with Crippen LogP contribution in [-0.4, -0.2) is 54.1 Å². The third kappa shape index (κ3) is 4.80. The largest absolute Gasteiger partial charge is 0.481 e. The number of carbonyl (C=O) groups excluding carboxylic acids is 1. The van der Waals surface area contributed by atoms with E-state index in [9.17, 15) is 9.59 Å². The lowest BCUT2D eigenvalue weighted by atomic mass is 9.91. The molecule has 1 fully saturated rings. The van der Waals surface area contributed by atoms with Gasteiger partial charge in [-0.3, -0.25) is 14.5 Å². The van der Waals surface area contributed by atoms with Gasteiger partial charge < -0.3 is 16.2 Å². The SMILES string of the molecule is CC(C)(C)C(=O)NC1CC(C(=O)O)CN(CCN)C1. The van der Waals surface area contributed by atoms with Gasteiger partial charge in [0.2, 0.25) is 5.91 Å². The minimum absolute atomic E-state index is 0.0452. The molecule has 1 aliphatic heterocycles. The molecule has 0 spiro atoms. The fourth-order valence-corrected chi connectivity index (χ4v) is 2.24. The number of nitrogens with one attached hydrogen (secondary N) is 1. The van der Waals surface area contributed by atoms with E-state index in [2.05, 4.69) is 5.32 Å². The first kappa shape index (κ1) is 15.9. The zero-order chi connectivity index (χ0) is 14.6. The van der Waals surface area contributed by atoms with Crippen molar-refractivity contribution in [3.8, 4) is 0 Å². The van der Waals surface area contributed by atoms with E-state index in [1.165, 1.54) is 0 Å². The van der Waals surface area contributed by atoms with Crippen LogP contribution in [0.15, 0.2) is 0 Å². The van der Waals surface area contributed by atoms with Gasteiger partial charge in [-0.15, -0.1) is 0 Å². The maximum absolute atomic E-state index is 12.0. The Morgan fingerprint density at radius 1 is 1.37 bits per heavy atom. The van der Waals surface area contributed by atoms with Crippen molar-refractivity contribution in [2.24, 2.45) is 17.1 Å². The number of carbonyl (C=O) groups is 2. The van der Waals surface area contributed by atoms with Crippen LogP contribution in [0.25, 0.3) is 0 Å². The summed E-state index contributed by atoms with van der Waals surface area (Å²) in [6.45, 7) is 7.86. The summed E-state index contributed by atoms with van der Waals surface area (Å²) in [6.07, 6.45) is 0.484. The molecule has 2 unspecified atom stereocenters. The molecule has 1 heterocycles. The number of rotatable bonds is 4. The molecule has 6 nitrogen and oxygen atoms in total. The Balaban J connectivity index is 2.66. The van der Waals surface area contributed by atoms with Gasteiger partial charge in [-0.25, -0.2) is 0 Å². The highest BCUT2D eigenvalue weighted by atomic mass is 16.4. The summed E-state index contributed by atoms with van der Waals surface area (Å²) in [5.74, 6) is -1.29. The maximum atomic E-state index is 12.0. The van der Waals surface area contributed by atoms with Crippen molar-refractivity contribution in [2.45, 2.75) is 33.2 Å². The van der Waals surface area contributed by atoms with Crippen LogP contribution in [0, 0.1) is 11.3 Å². The molecule has 0 saturated carbocycles. The number of likely N-dealkylation sites (tertiary alicyclic amines) is 1. The topological polar surface area (TPSA) is 95.7 Å². The number of carboxylic acids is 1. The van der Waals surface area contributed by atoms with E-state index in [0.29, 0.717) is 32.6 Å². The molecule has 0 bridgehead atoms. The maximum Gasteiger partial charge on any atom is 0.307 e. The number of hydrogen-bond acceptors (Lipinski definition) is 4. The molecule has 2 atom stereocenters. The van der Waals surface area contributed by atoms with Crippen molar-refractivity contribution in [3.05, 3.63) is 0 Å². The number of aliphatic carboxylic acids is 1. The first-order chi connectivity index (χ1) is 8.74. The second kappa shape index (κ2) is 6.34. The molecule has 1 rings (SSSR count). The van der Waals surface area contributed by atoms with E-state index in [-0.39, 0.29) is 11.9 Å². The minimum atomic E-state index is -0.809. The van der Waals surface area contributed by atoms with Crippen molar-refractivity contribution in [1.29, 1.82) is 0 Å². The molecule has 1 aliphatic rings. The van der Waals surface area contributed by atoms with Crippen LogP contribution >= 0.6 is 0 Å². The number of piperidine rings is 1. The zero-order valence-electron chi connectivity index (χ0n) is 12.0. The number of amides is 1. The predicted octanol–water partition coefficient (Wildman–Crippen LogP) is -0.117. The van der Waals surface area contributed by atoms with Gasteiger partial charge in [0.05, 0.1) is 5.92 Å². The Hall–Kier alpha value is -1.14. The Morgan fingerprint density at radius 2 is 2.00 bits per heavy atom. The van der Waals surface area contributed by atoms with E-state index >= 15 is 0 Å². The van der Waals surface area contributed by atoms with Crippen LogP contribution in [0.3, 0.4) is 0 Å². The summed E-state index contributed by atoms with van der Waals surface area (Å²) in [5.41, 5.74) is 5.06. The summed E-state index contributed by atoms with van der Waals surface area (Å²) in [4.78, 5) is 25.1. The molecular formula is C13H25N3O3. The highest BCUT2D eigenvalue weighted by molar-refractivity contribution is 5.81. The number of nitrogens with two attached hydrogens (primary N) is 1. The van der Waals surface area contributed by atoms with Crippen LogP contribution in [0.4, 0.5) is 0 Å². The lowest BCUT2D eigenvalue weighted by molar-refractivity contribution is -0.144.